The molecular weight excluding hydrogens is 302 g/mol. The summed E-state index contributed by atoms with van der Waals surface area (Å²) in [5, 5.41) is 3.08. The molecule has 4 rings (SSSR count). The van der Waals surface area contributed by atoms with E-state index in [9.17, 15) is 4.79 Å². The van der Waals surface area contributed by atoms with Crippen LogP contribution in [0.4, 0.5) is 0 Å². The summed E-state index contributed by atoms with van der Waals surface area (Å²) >= 11 is 0. The molecule has 120 valence electrons. The van der Waals surface area contributed by atoms with Crippen molar-refractivity contribution in [2.45, 2.75) is 20.3 Å². The first-order valence-corrected chi connectivity index (χ1v) is 7.84. The molecule has 0 aliphatic rings. The van der Waals surface area contributed by atoms with Crippen LogP contribution in [0.3, 0.4) is 0 Å². The van der Waals surface area contributed by atoms with Crippen LogP contribution in [0.1, 0.15) is 22.4 Å². The van der Waals surface area contributed by atoms with Gasteiger partial charge in [-0.3, -0.25) is 9.89 Å². The second-order valence-electron chi connectivity index (χ2n) is 5.92. The van der Waals surface area contributed by atoms with Gasteiger partial charge in [-0.15, -0.1) is 0 Å². The molecule has 0 spiro atoms. The van der Waals surface area contributed by atoms with Crippen LogP contribution in [0.5, 0.6) is 0 Å². The van der Waals surface area contributed by atoms with Crippen LogP contribution in [0.15, 0.2) is 57.7 Å². The Kier molecular flexibility index (Phi) is 3.34. The quantitative estimate of drug-likeness (QED) is 0.628. The Labute approximate surface area is 138 Å². The molecule has 0 unspecified atom stereocenters. The first-order chi connectivity index (χ1) is 11.6. The van der Waals surface area contributed by atoms with Gasteiger partial charge in [0, 0.05) is 17.7 Å². The highest BCUT2D eigenvalue weighted by atomic mass is 16.4. The number of aryl methyl sites for hydroxylation is 2. The lowest BCUT2D eigenvalue weighted by Crippen LogP contribution is -2.18. The maximum absolute atomic E-state index is 12.8. The van der Waals surface area contributed by atoms with E-state index in [0.29, 0.717) is 12.0 Å². The number of hydrogen-bond acceptors (Lipinski definition) is 3. The summed E-state index contributed by atoms with van der Waals surface area (Å²) in [6, 6.07) is 15.8. The van der Waals surface area contributed by atoms with Gasteiger partial charge in [-0.1, -0.05) is 36.4 Å². The fraction of sp³-hybridized carbons (Fsp3) is 0.158. The molecular formula is C19H17N3O2. The smallest absolute Gasteiger partial charge is 0.325 e. The maximum atomic E-state index is 12.8. The van der Waals surface area contributed by atoms with Gasteiger partial charge in [0.1, 0.15) is 5.52 Å². The van der Waals surface area contributed by atoms with Gasteiger partial charge in [0.05, 0.1) is 0 Å². The van der Waals surface area contributed by atoms with Gasteiger partial charge in [-0.05, 0) is 37.1 Å². The molecule has 0 bridgehead atoms. The van der Waals surface area contributed by atoms with E-state index < -0.39 is 0 Å². The SMILES string of the molecule is Cc1ccccc1Cc1c(C)[nH]n(-c2nc3ccccc3o2)c1=O. The highest BCUT2D eigenvalue weighted by Crippen LogP contribution is 2.18. The number of rotatable bonds is 3. The van der Waals surface area contributed by atoms with E-state index in [1.807, 2.05) is 49.4 Å². The molecule has 5 nitrogen and oxygen atoms in total. The molecule has 2 heterocycles. The Morgan fingerprint density at radius 2 is 1.83 bits per heavy atom. The average Bonchev–Trinajstić information content (AvgIpc) is 3.12. The summed E-state index contributed by atoms with van der Waals surface area (Å²) in [5.74, 6) is 0. The van der Waals surface area contributed by atoms with Crippen molar-refractivity contribution < 1.29 is 4.42 Å². The van der Waals surface area contributed by atoms with Crippen LogP contribution in [0.25, 0.3) is 17.1 Å². The number of hydrogen-bond donors (Lipinski definition) is 1. The summed E-state index contributed by atoms with van der Waals surface area (Å²) in [6.45, 7) is 3.95. The number of aromatic amines is 1. The largest absolute Gasteiger partial charge is 0.422 e. The molecule has 0 radical (unpaired) electrons. The van der Waals surface area contributed by atoms with Crippen molar-refractivity contribution in [2.75, 3.05) is 0 Å². The summed E-state index contributed by atoms with van der Waals surface area (Å²) in [5.41, 5.74) is 5.13. The Morgan fingerprint density at radius 1 is 1.08 bits per heavy atom. The van der Waals surface area contributed by atoms with Crippen molar-refractivity contribution in [3.63, 3.8) is 0 Å². The summed E-state index contributed by atoms with van der Waals surface area (Å²) in [6.07, 6.45) is 0.584. The maximum Gasteiger partial charge on any atom is 0.325 e. The lowest BCUT2D eigenvalue weighted by molar-refractivity contribution is 0.535. The summed E-state index contributed by atoms with van der Waals surface area (Å²) in [7, 11) is 0. The highest BCUT2D eigenvalue weighted by Gasteiger charge is 2.17. The molecule has 24 heavy (non-hydrogen) atoms. The minimum Gasteiger partial charge on any atom is -0.422 e. The molecule has 2 aromatic carbocycles. The molecule has 0 saturated carbocycles. The van der Waals surface area contributed by atoms with Crippen molar-refractivity contribution >= 4 is 11.1 Å². The first kappa shape index (κ1) is 14.5. The molecule has 5 heteroatoms. The van der Waals surface area contributed by atoms with Crippen molar-refractivity contribution in [1.29, 1.82) is 0 Å². The molecule has 0 fully saturated rings. The van der Waals surface area contributed by atoms with E-state index in [1.54, 1.807) is 0 Å². The molecule has 4 aromatic rings. The van der Waals surface area contributed by atoms with Crippen LogP contribution in [0, 0.1) is 13.8 Å². The number of H-pyrrole nitrogens is 1. The fourth-order valence-electron chi connectivity index (χ4n) is 2.88. The highest BCUT2D eigenvalue weighted by molar-refractivity contribution is 5.73. The average molecular weight is 319 g/mol. The second-order valence-corrected chi connectivity index (χ2v) is 5.92. The Morgan fingerprint density at radius 3 is 2.62 bits per heavy atom. The number of para-hydroxylation sites is 2. The second kappa shape index (κ2) is 5.53. The molecule has 0 aliphatic carbocycles. The van der Waals surface area contributed by atoms with Crippen molar-refractivity contribution in [3.05, 3.63) is 81.3 Å². The van der Waals surface area contributed by atoms with Gasteiger partial charge in [0.2, 0.25) is 0 Å². The summed E-state index contributed by atoms with van der Waals surface area (Å²) < 4.78 is 7.08. The van der Waals surface area contributed by atoms with Crippen molar-refractivity contribution in [2.24, 2.45) is 0 Å². The minimum atomic E-state index is -0.123. The van der Waals surface area contributed by atoms with Crippen molar-refractivity contribution in [1.82, 2.24) is 14.8 Å². The number of oxazole rings is 1. The van der Waals surface area contributed by atoms with Crippen LogP contribution < -0.4 is 5.56 Å². The topological polar surface area (TPSA) is 63.8 Å². The van der Waals surface area contributed by atoms with E-state index in [-0.39, 0.29) is 11.6 Å². The number of benzene rings is 2. The molecule has 0 aliphatic heterocycles. The van der Waals surface area contributed by atoms with Gasteiger partial charge in [-0.2, -0.15) is 9.67 Å². The van der Waals surface area contributed by atoms with E-state index >= 15 is 0 Å². The van der Waals surface area contributed by atoms with E-state index in [0.717, 1.165) is 22.3 Å². The predicted molar refractivity (Wildman–Crippen MR) is 92.7 cm³/mol. The molecule has 2 aromatic heterocycles. The molecule has 0 amide bonds. The molecule has 0 saturated heterocycles. The standard InChI is InChI=1S/C19H17N3O2/c1-12-7-3-4-8-14(12)11-15-13(2)21-22(18(15)23)19-20-16-9-5-6-10-17(16)24-19/h3-10,21H,11H2,1-2H3. The lowest BCUT2D eigenvalue weighted by Gasteiger charge is -2.03. The Bertz CT molecular complexity index is 1050. The normalized spacial score (nSPS) is 11.2. The van der Waals surface area contributed by atoms with Crippen molar-refractivity contribution in [3.8, 4) is 6.01 Å². The van der Waals surface area contributed by atoms with Gasteiger partial charge in [-0.25, -0.2) is 0 Å². The monoisotopic (exact) mass is 319 g/mol. The van der Waals surface area contributed by atoms with Gasteiger partial charge in [0.15, 0.2) is 5.58 Å². The number of fused-ring (bicyclic) bond motifs is 1. The van der Waals surface area contributed by atoms with E-state index in [2.05, 4.69) is 23.1 Å². The molecule has 0 atom stereocenters. The zero-order valence-electron chi connectivity index (χ0n) is 13.5. The third kappa shape index (κ3) is 2.34. The van der Waals surface area contributed by atoms with Crippen LogP contribution in [0.2, 0.25) is 0 Å². The molecule has 1 N–H and O–H groups in total. The first-order valence-electron chi connectivity index (χ1n) is 7.84. The third-order valence-corrected chi connectivity index (χ3v) is 4.30. The van der Waals surface area contributed by atoms with Gasteiger partial charge in [0.25, 0.3) is 5.56 Å². The minimum absolute atomic E-state index is 0.123. The van der Waals surface area contributed by atoms with Crippen LogP contribution >= 0.6 is 0 Å². The zero-order chi connectivity index (χ0) is 16.7. The van der Waals surface area contributed by atoms with E-state index in [4.69, 9.17) is 4.42 Å². The van der Waals surface area contributed by atoms with Crippen LogP contribution in [-0.2, 0) is 6.42 Å². The Balaban J connectivity index is 1.79. The predicted octanol–water partition coefficient (Wildman–Crippen LogP) is 3.51. The number of nitrogens with zero attached hydrogens (tertiary/aromatic N) is 2. The number of nitrogens with one attached hydrogen (secondary N) is 1. The zero-order valence-corrected chi connectivity index (χ0v) is 13.5. The van der Waals surface area contributed by atoms with Gasteiger partial charge < -0.3 is 4.42 Å². The van der Waals surface area contributed by atoms with Gasteiger partial charge >= 0.3 is 6.01 Å². The lowest BCUT2D eigenvalue weighted by atomic mass is 10.0. The van der Waals surface area contributed by atoms with Crippen LogP contribution in [-0.4, -0.2) is 14.8 Å². The van der Waals surface area contributed by atoms with E-state index in [1.165, 1.54) is 10.2 Å². The summed E-state index contributed by atoms with van der Waals surface area (Å²) in [4.78, 5) is 17.2. The Hall–Kier alpha value is -3.08. The number of aromatic nitrogens is 3. The third-order valence-electron chi connectivity index (χ3n) is 4.30. The fourth-order valence-corrected chi connectivity index (χ4v) is 2.88.